The highest BCUT2D eigenvalue weighted by molar-refractivity contribution is 6.30. The molecule has 0 radical (unpaired) electrons. The highest BCUT2D eigenvalue weighted by Crippen LogP contribution is 2.24. The summed E-state index contributed by atoms with van der Waals surface area (Å²) in [5.74, 6) is -0.576. The van der Waals surface area contributed by atoms with Gasteiger partial charge in [0.05, 0.1) is 17.3 Å². The lowest BCUT2D eigenvalue weighted by molar-refractivity contribution is 0.0950. The van der Waals surface area contributed by atoms with Gasteiger partial charge in [0.1, 0.15) is 5.82 Å². The lowest BCUT2D eigenvalue weighted by Gasteiger charge is -2.10. The summed E-state index contributed by atoms with van der Waals surface area (Å²) in [7, 11) is 0. The van der Waals surface area contributed by atoms with E-state index in [9.17, 15) is 9.18 Å². The molecule has 4 aromatic rings. The van der Waals surface area contributed by atoms with Crippen LogP contribution in [0.25, 0.3) is 10.9 Å². The summed E-state index contributed by atoms with van der Waals surface area (Å²) in [6.07, 6.45) is 1.70. The van der Waals surface area contributed by atoms with Crippen molar-refractivity contribution in [1.29, 1.82) is 0 Å². The van der Waals surface area contributed by atoms with E-state index >= 15 is 0 Å². The molecule has 0 saturated heterocycles. The van der Waals surface area contributed by atoms with Gasteiger partial charge in [-0.25, -0.2) is 4.39 Å². The molecule has 0 aliphatic heterocycles. The minimum Gasteiger partial charge on any atom is -0.346 e. The fourth-order valence-electron chi connectivity index (χ4n) is 3.36. The largest absolute Gasteiger partial charge is 0.346 e. The molecule has 0 aliphatic rings. The first kappa shape index (κ1) is 19.2. The Kier molecular flexibility index (Phi) is 5.32. The molecule has 0 atom stereocenters. The van der Waals surface area contributed by atoms with Crippen LogP contribution in [0.3, 0.4) is 0 Å². The second-order valence-corrected chi connectivity index (χ2v) is 7.30. The average molecular weight is 408 g/mol. The Hall–Kier alpha value is -3.18. The van der Waals surface area contributed by atoms with Gasteiger partial charge in [-0.05, 0) is 61.0 Å². The molecule has 1 amide bonds. The first-order valence-electron chi connectivity index (χ1n) is 9.23. The molecule has 29 heavy (non-hydrogen) atoms. The topological polar surface area (TPSA) is 46.9 Å². The van der Waals surface area contributed by atoms with E-state index in [0.29, 0.717) is 18.7 Å². The molecule has 4 nitrogen and oxygen atoms in total. The third kappa shape index (κ3) is 4.15. The maximum atomic E-state index is 13.8. The number of benzene rings is 2. The first-order valence-corrected chi connectivity index (χ1v) is 9.61. The number of aromatic nitrogens is 2. The van der Waals surface area contributed by atoms with Crippen LogP contribution in [0.1, 0.15) is 27.3 Å². The molecule has 2 aromatic carbocycles. The molecule has 4 rings (SSSR count). The van der Waals surface area contributed by atoms with Crippen LogP contribution in [0.4, 0.5) is 4.39 Å². The van der Waals surface area contributed by atoms with Crippen molar-refractivity contribution in [1.82, 2.24) is 14.9 Å². The SMILES string of the molecule is Cc1cc2cc(C(=O)NCc3ccccn3)ccc2n1Cc1ccc(Cl)c(F)c1. The third-order valence-corrected chi connectivity index (χ3v) is 5.16. The van der Waals surface area contributed by atoms with E-state index in [1.165, 1.54) is 6.07 Å². The Balaban J connectivity index is 1.55. The van der Waals surface area contributed by atoms with Crippen LogP contribution < -0.4 is 5.32 Å². The van der Waals surface area contributed by atoms with E-state index in [1.807, 2.05) is 49.4 Å². The van der Waals surface area contributed by atoms with Gasteiger partial charge >= 0.3 is 0 Å². The quantitative estimate of drug-likeness (QED) is 0.499. The van der Waals surface area contributed by atoms with Gasteiger partial charge in [0.15, 0.2) is 0 Å². The van der Waals surface area contributed by atoms with Crippen molar-refractivity contribution in [3.05, 3.63) is 100 Å². The van der Waals surface area contributed by atoms with Crippen LogP contribution in [0.2, 0.25) is 5.02 Å². The summed E-state index contributed by atoms with van der Waals surface area (Å²) in [5.41, 5.74) is 4.23. The molecule has 0 saturated carbocycles. The molecule has 2 heterocycles. The Morgan fingerprint density at radius 1 is 1.14 bits per heavy atom. The van der Waals surface area contributed by atoms with Gasteiger partial charge in [-0.1, -0.05) is 23.7 Å². The predicted molar refractivity (Wildman–Crippen MR) is 113 cm³/mol. The number of nitrogens with one attached hydrogen (secondary N) is 1. The van der Waals surface area contributed by atoms with Gasteiger partial charge in [0.25, 0.3) is 5.91 Å². The van der Waals surface area contributed by atoms with Crippen molar-refractivity contribution in [3.63, 3.8) is 0 Å². The lowest BCUT2D eigenvalue weighted by atomic mass is 10.1. The Morgan fingerprint density at radius 3 is 2.76 bits per heavy atom. The van der Waals surface area contributed by atoms with Gasteiger partial charge in [-0.15, -0.1) is 0 Å². The summed E-state index contributed by atoms with van der Waals surface area (Å²) in [5, 5.41) is 3.97. The highest BCUT2D eigenvalue weighted by atomic mass is 35.5. The van der Waals surface area contributed by atoms with Crippen molar-refractivity contribution in [2.75, 3.05) is 0 Å². The molecule has 0 fully saturated rings. The van der Waals surface area contributed by atoms with Gasteiger partial charge < -0.3 is 9.88 Å². The van der Waals surface area contributed by atoms with Crippen molar-refractivity contribution in [3.8, 4) is 0 Å². The Labute approximate surface area is 173 Å². The molecule has 6 heteroatoms. The van der Waals surface area contributed by atoms with E-state index in [-0.39, 0.29) is 10.9 Å². The molecule has 0 unspecified atom stereocenters. The van der Waals surface area contributed by atoms with Crippen LogP contribution in [0.5, 0.6) is 0 Å². The van der Waals surface area contributed by atoms with E-state index in [4.69, 9.17) is 11.6 Å². The summed E-state index contributed by atoms with van der Waals surface area (Å²) < 4.78 is 15.9. The van der Waals surface area contributed by atoms with Gasteiger partial charge in [0, 0.05) is 34.9 Å². The fraction of sp³-hybridized carbons (Fsp3) is 0.130. The van der Waals surface area contributed by atoms with Crippen LogP contribution in [-0.2, 0) is 13.1 Å². The van der Waals surface area contributed by atoms with Gasteiger partial charge in [-0.3, -0.25) is 9.78 Å². The number of aryl methyl sites for hydroxylation is 1. The smallest absolute Gasteiger partial charge is 0.251 e. The number of fused-ring (bicyclic) bond motifs is 1. The van der Waals surface area contributed by atoms with Crippen LogP contribution in [-0.4, -0.2) is 15.5 Å². The number of carbonyl (C=O) groups excluding carboxylic acids is 1. The first-order chi connectivity index (χ1) is 14.0. The molecule has 1 N–H and O–H groups in total. The van der Waals surface area contributed by atoms with E-state index in [1.54, 1.807) is 18.3 Å². The molecule has 0 spiro atoms. The van der Waals surface area contributed by atoms with Crippen molar-refractivity contribution >= 4 is 28.4 Å². The minimum absolute atomic E-state index is 0.115. The molecule has 0 aliphatic carbocycles. The Morgan fingerprint density at radius 2 is 2.00 bits per heavy atom. The van der Waals surface area contributed by atoms with Gasteiger partial charge in [-0.2, -0.15) is 0 Å². The van der Waals surface area contributed by atoms with Crippen molar-refractivity contribution < 1.29 is 9.18 Å². The second-order valence-electron chi connectivity index (χ2n) is 6.90. The number of hydrogen-bond donors (Lipinski definition) is 1. The molecule has 146 valence electrons. The summed E-state index contributed by atoms with van der Waals surface area (Å²) in [6.45, 7) is 2.89. The maximum absolute atomic E-state index is 13.8. The summed E-state index contributed by atoms with van der Waals surface area (Å²) in [6, 6.07) is 18.0. The van der Waals surface area contributed by atoms with Crippen LogP contribution in [0, 0.1) is 12.7 Å². The van der Waals surface area contributed by atoms with Gasteiger partial charge in [0.2, 0.25) is 0 Å². The highest BCUT2D eigenvalue weighted by Gasteiger charge is 2.12. The van der Waals surface area contributed by atoms with Crippen LogP contribution >= 0.6 is 11.6 Å². The molecular weight excluding hydrogens is 389 g/mol. The standard InChI is InChI=1S/C23H19ClFN3O/c1-15-10-18-12-17(23(29)27-13-19-4-2-3-9-26-19)6-8-22(18)28(15)14-16-5-7-20(24)21(25)11-16/h2-12H,13-14H2,1H3,(H,27,29). The summed E-state index contributed by atoms with van der Waals surface area (Å²) >= 11 is 5.78. The zero-order valence-electron chi connectivity index (χ0n) is 15.8. The van der Waals surface area contributed by atoms with E-state index in [2.05, 4.69) is 14.9 Å². The fourth-order valence-corrected chi connectivity index (χ4v) is 3.47. The third-order valence-electron chi connectivity index (χ3n) is 4.85. The number of rotatable bonds is 5. The molecular formula is C23H19ClFN3O. The lowest BCUT2D eigenvalue weighted by Crippen LogP contribution is -2.23. The number of nitrogens with zero attached hydrogens (tertiary/aromatic N) is 2. The minimum atomic E-state index is -0.426. The number of pyridine rings is 1. The van der Waals surface area contributed by atoms with E-state index in [0.717, 1.165) is 27.9 Å². The summed E-state index contributed by atoms with van der Waals surface area (Å²) in [4.78, 5) is 16.7. The average Bonchev–Trinajstić information content (AvgIpc) is 3.04. The number of halogens is 2. The van der Waals surface area contributed by atoms with E-state index < -0.39 is 5.82 Å². The number of hydrogen-bond acceptors (Lipinski definition) is 2. The zero-order valence-corrected chi connectivity index (χ0v) is 16.6. The molecule has 2 aromatic heterocycles. The number of amides is 1. The maximum Gasteiger partial charge on any atom is 0.251 e. The molecule has 0 bridgehead atoms. The second kappa shape index (κ2) is 8.05. The monoisotopic (exact) mass is 407 g/mol. The normalized spacial score (nSPS) is 11.0. The zero-order chi connectivity index (χ0) is 20.4. The predicted octanol–water partition coefficient (Wildman–Crippen LogP) is 5.12. The van der Waals surface area contributed by atoms with Crippen molar-refractivity contribution in [2.24, 2.45) is 0 Å². The number of carbonyl (C=O) groups is 1. The Bertz CT molecular complexity index is 1190. The van der Waals surface area contributed by atoms with Crippen molar-refractivity contribution in [2.45, 2.75) is 20.0 Å². The van der Waals surface area contributed by atoms with Crippen LogP contribution in [0.15, 0.2) is 66.9 Å².